The summed E-state index contributed by atoms with van der Waals surface area (Å²) in [5.41, 5.74) is 3.96. The lowest BCUT2D eigenvalue weighted by Crippen LogP contribution is -1.87. The molecule has 0 saturated carbocycles. The zero-order chi connectivity index (χ0) is 13.2. The molecule has 0 aliphatic carbocycles. The first-order valence-corrected chi connectivity index (χ1v) is 6.18. The van der Waals surface area contributed by atoms with Crippen molar-refractivity contribution in [2.45, 2.75) is 0 Å². The number of aromatic nitrogens is 4. The first-order valence-electron chi connectivity index (χ1n) is 5.81. The molecule has 3 aromatic rings. The Kier molecular flexibility index (Phi) is 3.01. The van der Waals surface area contributed by atoms with Crippen molar-refractivity contribution in [3.05, 3.63) is 53.9 Å². The zero-order valence-corrected chi connectivity index (χ0v) is 11.0. The van der Waals surface area contributed by atoms with E-state index in [1.165, 1.54) is 0 Å². The highest BCUT2D eigenvalue weighted by molar-refractivity contribution is 6.30. The van der Waals surface area contributed by atoms with Crippen molar-refractivity contribution >= 4 is 11.6 Å². The van der Waals surface area contributed by atoms with Gasteiger partial charge in [0.25, 0.3) is 0 Å². The largest absolute Gasteiger partial charge is 0.275 e. The maximum atomic E-state index is 5.92. The van der Waals surface area contributed by atoms with E-state index >= 15 is 0 Å². The molecule has 0 aliphatic rings. The van der Waals surface area contributed by atoms with Gasteiger partial charge in [-0.05, 0) is 18.2 Å². The monoisotopic (exact) mass is 270 g/mol. The third kappa shape index (κ3) is 2.35. The summed E-state index contributed by atoms with van der Waals surface area (Å²) in [5.74, 6) is 0. The molecule has 0 aliphatic heterocycles. The highest BCUT2D eigenvalue weighted by Gasteiger charge is 2.12. The molecular formula is C14H11ClN4. The minimum Gasteiger partial charge on any atom is -0.275 e. The Morgan fingerprint density at radius 2 is 1.79 bits per heavy atom. The fourth-order valence-electron chi connectivity index (χ4n) is 1.97. The molecule has 0 fully saturated rings. The van der Waals surface area contributed by atoms with Crippen molar-refractivity contribution in [2.75, 3.05) is 0 Å². The van der Waals surface area contributed by atoms with Crippen LogP contribution >= 0.6 is 11.6 Å². The van der Waals surface area contributed by atoms with Crippen molar-refractivity contribution in [1.29, 1.82) is 0 Å². The average Bonchev–Trinajstić information content (AvgIpc) is 2.83. The van der Waals surface area contributed by atoms with Crippen LogP contribution in [0.3, 0.4) is 0 Å². The van der Waals surface area contributed by atoms with Crippen molar-refractivity contribution < 1.29 is 0 Å². The Bertz CT molecular complexity index is 689. The molecule has 3 rings (SSSR count). The molecule has 0 N–H and O–H groups in total. The third-order valence-corrected chi connectivity index (χ3v) is 3.09. The second-order valence-corrected chi connectivity index (χ2v) is 4.64. The summed E-state index contributed by atoms with van der Waals surface area (Å²) >= 11 is 5.92. The van der Waals surface area contributed by atoms with Gasteiger partial charge in [0.15, 0.2) is 0 Å². The van der Waals surface area contributed by atoms with Crippen LogP contribution in [0.4, 0.5) is 0 Å². The summed E-state index contributed by atoms with van der Waals surface area (Å²) in [6, 6.07) is 9.56. The molecular weight excluding hydrogens is 260 g/mol. The number of hydrogen-bond donors (Lipinski definition) is 0. The average molecular weight is 271 g/mol. The predicted molar refractivity (Wildman–Crippen MR) is 74.7 cm³/mol. The van der Waals surface area contributed by atoms with Crippen LogP contribution in [0.5, 0.6) is 0 Å². The molecule has 0 bridgehead atoms. The number of rotatable bonds is 2. The zero-order valence-electron chi connectivity index (χ0n) is 10.3. The van der Waals surface area contributed by atoms with Crippen LogP contribution in [0.1, 0.15) is 0 Å². The van der Waals surface area contributed by atoms with Crippen LogP contribution in [-0.2, 0) is 7.05 Å². The van der Waals surface area contributed by atoms with E-state index in [4.69, 9.17) is 11.6 Å². The van der Waals surface area contributed by atoms with Gasteiger partial charge in [-0.25, -0.2) is 0 Å². The SMILES string of the molecule is Cn1cc(-c2ccnnc2)c(-c2ccc(Cl)cc2)n1. The number of benzene rings is 1. The van der Waals surface area contributed by atoms with E-state index in [1.54, 1.807) is 17.1 Å². The van der Waals surface area contributed by atoms with Gasteiger partial charge in [0.2, 0.25) is 0 Å². The summed E-state index contributed by atoms with van der Waals surface area (Å²) in [5, 5.41) is 12.9. The number of halogens is 1. The smallest absolute Gasteiger partial charge is 0.100 e. The molecule has 0 spiro atoms. The fraction of sp³-hybridized carbons (Fsp3) is 0.0714. The first kappa shape index (κ1) is 11.9. The van der Waals surface area contributed by atoms with Gasteiger partial charge in [-0.15, -0.1) is 0 Å². The van der Waals surface area contributed by atoms with Crippen molar-refractivity contribution in [2.24, 2.45) is 7.05 Å². The van der Waals surface area contributed by atoms with E-state index in [2.05, 4.69) is 15.3 Å². The highest BCUT2D eigenvalue weighted by Crippen LogP contribution is 2.30. The van der Waals surface area contributed by atoms with Gasteiger partial charge in [0, 0.05) is 35.0 Å². The number of hydrogen-bond acceptors (Lipinski definition) is 3. The van der Waals surface area contributed by atoms with Crippen molar-refractivity contribution in [3.63, 3.8) is 0 Å². The van der Waals surface area contributed by atoms with Gasteiger partial charge in [-0.3, -0.25) is 4.68 Å². The molecule has 0 atom stereocenters. The van der Waals surface area contributed by atoms with Gasteiger partial charge in [0.1, 0.15) is 5.69 Å². The summed E-state index contributed by atoms with van der Waals surface area (Å²) < 4.78 is 1.79. The van der Waals surface area contributed by atoms with E-state index < -0.39 is 0 Å². The topological polar surface area (TPSA) is 43.6 Å². The highest BCUT2D eigenvalue weighted by atomic mass is 35.5. The number of aryl methyl sites for hydroxylation is 1. The van der Waals surface area contributed by atoms with Gasteiger partial charge in [-0.1, -0.05) is 23.7 Å². The normalized spacial score (nSPS) is 10.6. The Morgan fingerprint density at radius 3 is 2.47 bits per heavy atom. The molecule has 1 aromatic carbocycles. The summed E-state index contributed by atoms with van der Waals surface area (Å²) in [4.78, 5) is 0. The third-order valence-electron chi connectivity index (χ3n) is 2.84. The Balaban J connectivity index is 2.15. The van der Waals surface area contributed by atoms with Crippen LogP contribution in [-0.4, -0.2) is 20.0 Å². The minimum atomic E-state index is 0.715. The van der Waals surface area contributed by atoms with Crippen molar-refractivity contribution in [3.8, 4) is 22.4 Å². The van der Waals surface area contributed by atoms with Gasteiger partial charge in [0.05, 0.1) is 12.4 Å². The Labute approximate surface area is 115 Å². The Hall–Kier alpha value is -2.20. The van der Waals surface area contributed by atoms with Crippen LogP contribution in [0, 0.1) is 0 Å². The van der Waals surface area contributed by atoms with Crippen LogP contribution in [0.25, 0.3) is 22.4 Å². The lowest BCUT2D eigenvalue weighted by atomic mass is 10.0. The number of nitrogens with zero attached hydrogens (tertiary/aromatic N) is 4. The minimum absolute atomic E-state index is 0.715. The first-order chi connectivity index (χ1) is 9.24. The van der Waals surface area contributed by atoms with Crippen LogP contribution in [0.2, 0.25) is 5.02 Å². The van der Waals surface area contributed by atoms with E-state index in [0.717, 1.165) is 22.4 Å². The maximum Gasteiger partial charge on any atom is 0.100 e. The molecule has 0 amide bonds. The fourth-order valence-corrected chi connectivity index (χ4v) is 2.10. The predicted octanol–water partition coefficient (Wildman–Crippen LogP) is 3.20. The lowest BCUT2D eigenvalue weighted by molar-refractivity contribution is 0.771. The summed E-state index contributed by atoms with van der Waals surface area (Å²) in [7, 11) is 1.90. The quantitative estimate of drug-likeness (QED) is 0.718. The van der Waals surface area contributed by atoms with E-state index in [-0.39, 0.29) is 0 Å². The second-order valence-electron chi connectivity index (χ2n) is 4.20. The van der Waals surface area contributed by atoms with E-state index in [9.17, 15) is 0 Å². The molecule has 0 radical (unpaired) electrons. The second kappa shape index (κ2) is 4.82. The van der Waals surface area contributed by atoms with Gasteiger partial charge in [-0.2, -0.15) is 15.3 Å². The molecule has 19 heavy (non-hydrogen) atoms. The molecule has 4 nitrogen and oxygen atoms in total. The van der Waals surface area contributed by atoms with Crippen LogP contribution in [0.15, 0.2) is 48.9 Å². The molecule has 2 aromatic heterocycles. The molecule has 2 heterocycles. The molecule has 5 heteroatoms. The van der Waals surface area contributed by atoms with E-state index in [0.29, 0.717) is 5.02 Å². The maximum absolute atomic E-state index is 5.92. The van der Waals surface area contributed by atoms with Gasteiger partial charge < -0.3 is 0 Å². The van der Waals surface area contributed by atoms with Crippen molar-refractivity contribution in [1.82, 2.24) is 20.0 Å². The lowest BCUT2D eigenvalue weighted by Gasteiger charge is -2.02. The summed E-state index contributed by atoms with van der Waals surface area (Å²) in [6.07, 6.45) is 5.38. The van der Waals surface area contributed by atoms with Gasteiger partial charge >= 0.3 is 0 Å². The Morgan fingerprint density at radius 1 is 1.00 bits per heavy atom. The standard InChI is InChI=1S/C14H11ClN4/c1-19-9-13(11-6-7-16-17-8-11)14(18-19)10-2-4-12(15)5-3-10/h2-9H,1H3. The molecule has 94 valence electrons. The molecule has 0 unspecified atom stereocenters. The van der Waals surface area contributed by atoms with E-state index in [1.807, 2.05) is 43.6 Å². The molecule has 0 saturated heterocycles. The summed E-state index contributed by atoms with van der Waals surface area (Å²) in [6.45, 7) is 0. The van der Waals surface area contributed by atoms with Crippen LogP contribution < -0.4 is 0 Å².